The van der Waals surface area contributed by atoms with Crippen LogP contribution in [0.25, 0.3) is 0 Å². The maximum atomic E-state index is 13.4. The predicted octanol–water partition coefficient (Wildman–Crippen LogP) is -1.54. The van der Waals surface area contributed by atoms with Gasteiger partial charge in [-0.1, -0.05) is 12.1 Å². The van der Waals surface area contributed by atoms with Gasteiger partial charge in [-0.15, -0.1) is 0 Å². The van der Waals surface area contributed by atoms with Crippen molar-refractivity contribution in [2.45, 2.75) is 12.5 Å². The lowest BCUT2D eigenvalue weighted by Crippen LogP contribution is -2.33. The Bertz CT molecular complexity index is 399. The van der Waals surface area contributed by atoms with E-state index in [0.29, 0.717) is 0 Å². The Balaban J connectivity index is 2.87. The number of hydrogen-bond donors (Lipinski definition) is 4. The lowest BCUT2D eigenvalue weighted by atomic mass is 9.79. The third kappa shape index (κ3) is 3.03. The maximum absolute atomic E-state index is 13.4. The largest absolute Gasteiger partial charge is 0.488 e. The molecule has 0 saturated carbocycles. The molecule has 0 spiro atoms. The highest BCUT2D eigenvalue weighted by atomic mass is 18.2. The molecule has 1 unspecified atom stereocenters. The van der Waals surface area contributed by atoms with Crippen LogP contribution in [0.2, 0.25) is 0 Å². The molecule has 0 aromatic heterocycles. The average molecular weight is 226 g/mol. The highest BCUT2D eigenvalue weighted by Gasteiger charge is 2.17. The molecule has 0 heterocycles. The van der Waals surface area contributed by atoms with E-state index in [1.165, 1.54) is 12.1 Å². The van der Waals surface area contributed by atoms with Crippen molar-refractivity contribution in [3.8, 4) is 0 Å². The van der Waals surface area contributed by atoms with Gasteiger partial charge in [0.2, 0.25) is 0 Å². The van der Waals surface area contributed by atoms with Crippen molar-refractivity contribution in [3.63, 3.8) is 0 Å². The normalized spacial score (nSPS) is 12.2. The van der Waals surface area contributed by atoms with Gasteiger partial charge in [0.05, 0.1) is 0 Å². The molecule has 0 aliphatic carbocycles. The first kappa shape index (κ1) is 12.6. The van der Waals surface area contributed by atoms with E-state index in [1.807, 2.05) is 0 Å². The second-order valence-corrected chi connectivity index (χ2v) is 3.37. The zero-order chi connectivity index (χ0) is 12.3. The average Bonchev–Trinajstić information content (AvgIpc) is 2.20. The number of aliphatic carboxylic acids is 1. The number of halogens is 1. The summed E-state index contributed by atoms with van der Waals surface area (Å²) in [6, 6.07) is 2.35. The molecule has 7 heteroatoms. The van der Waals surface area contributed by atoms with Crippen LogP contribution >= 0.6 is 0 Å². The fraction of sp³-hybridized carbons (Fsp3) is 0.222. The fourth-order valence-electron chi connectivity index (χ4n) is 1.21. The van der Waals surface area contributed by atoms with Crippen LogP contribution in [0, 0.1) is 5.82 Å². The molecule has 1 atom stereocenters. The molecular weight excluding hydrogens is 215 g/mol. The quantitative estimate of drug-likeness (QED) is 0.466. The Labute approximate surface area is 91.5 Å². The number of nitrogens with two attached hydrogens (primary N) is 1. The van der Waals surface area contributed by atoms with Gasteiger partial charge >= 0.3 is 13.1 Å². The molecule has 0 radical (unpaired) electrons. The highest BCUT2D eigenvalue weighted by Crippen LogP contribution is 2.07. The molecule has 0 bridgehead atoms. The summed E-state index contributed by atoms with van der Waals surface area (Å²) < 4.78 is 13.4. The van der Waals surface area contributed by atoms with Gasteiger partial charge in [0.1, 0.15) is 11.9 Å². The van der Waals surface area contributed by atoms with Crippen LogP contribution in [0.15, 0.2) is 18.2 Å². The molecule has 1 aromatic carbocycles. The molecular formula is C9H11BFNO4. The van der Waals surface area contributed by atoms with Crippen molar-refractivity contribution in [1.82, 2.24) is 0 Å². The summed E-state index contributed by atoms with van der Waals surface area (Å²) in [7, 11) is -1.75. The summed E-state index contributed by atoms with van der Waals surface area (Å²) in [5.74, 6) is -1.92. The van der Waals surface area contributed by atoms with Crippen molar-refractivity contribution in [1.29, 1.82) is 0 Å². The third-order valence-electron chi connectivity index (χ3n) is 2.13. The van der Waals surface area contributed by atoms with Gasteiger partial charge in [-0.05, 0) is 17.1 Å². The number of rotatable bonds is 4. The zero-order valence-corrected chi connectivity index (χ0v) is 8.30. The summed E-state index contributed by atoms with van der Waals surface area (Å²) in [5, 5.41) is 26.1. The smallest absolute Gasteiger partial charge is 0.480 e. The fourth-order valence-corrected chi connectivity index (χ4v) is 1.21. The number of hydrogen-bond acceptors (Lipinski definition) is 4. The highest BCUT2D eigenvalue weighted by molar-refractivity contribution is 6.58. The summed E-state index contributed by atoms with van der Waals surface area (Å²) in [6.07, 6.45) is -0.150. The Hall–Kier alpha value is -1.44. The van der Waals surface area contributed by atoms with E-state index in [2.05, 4.69) is 0 Å². The molecule has 0 fully saturated rings. The van der Waals surface area contributed by atoms with Gasteiger partial charge in [-0.3, -0.25) is 4.79 Å². The molecule has 0 aliphatic rings. The third-order valence-corrected chi connectivity index (χ3v) is 2.13. The molecule has 1 aromatic rings. The van der Waals surface area contributed by atoms with Crippen molar-refractivity contribution < 1.29 is 24.3 Å². The van der Waals surface area contributed by atoms with Gasteiger partial charge in [0.25, 0.3) is 0 Å². The topological polar surface area (TPSA) is 104 Å². The first-order valence-electron chi connectivity index (χ1n) is 4.54. The second kappa shape index (κ2) is 5.06. The van der Waals surface area contributed by atoms with Crippen LogP contribution in [0.4, 0.5) is 4.39 Å². The van der Waals surface area contributed by atoms with Crippen LogP contribution in [0.1, 0.15) is 5.56 Å². The Morgan fingerprint density at radius 3 is 2.56 bits per heavy atom. The van der Waals surface area contributed by atoms with E-state index < -0.39 is 24.9 Å². The van der Waals surface area contributed by atoms with E-state index in [-0.39, 0.29) is 17.4 Å². The van der Waals surface area contributed by atoms with Gasteiger partial charge in [-0.25, -0.2) is 4.39 Å². The van der Waals surface area contributed by atoms with Crippen LogP contribution in [0.5, 0.6) is 0 Å². The summed E-state index contributed by atoms with van der Waals surface area (Å²) in [5.41, 5.74) is 5.38. The van der Waals surface area contributed by atoms with Crippen LogP contribution in [-0.4, -0.2) is 34.3 Å². The Morgan fingerprint density at radius 1 is 1.50 bits per heavy atom. The molecule has 86 valence electrons. The van der Waals surface area contributed by atoms with E-state index in [4.69, 9.17) is 20.9 Å². The monoisotopic (exact) mass is 226 g/mol. The molecule has 0 saturated heterocycles. The second-order valence-electron chi connectivity index (χ2n) is 3.37. The van der Waals surface area contributed by atoms with E-state index in [9.17, 15) is 9.18 Å². The first-order chi connectivity index (χ1) is 7.41. The number of carbonyl (C=O) groups is 1. The zero-order valence-electron chi connectivity index (χ0n) is 8.30. The van der Waals surface area contributed by atoms with Gasteiger partial charge < -0.3 is 20.9 Å². The maximum Gasteiger partial charge on any atom is 0.488 e. The molecule has 16 heavy (non-hydrogen) atoms. The van der Waals surface area contributed by atoms with Gasteiger partial charge in [-0.2, -0.15) is 0 Å². The molecule has 0 aliphatic heterocycles. The van der Waals surface area contributed by atoms with E-state index in [1.54, 1.807) is 0 Å². The minimum Gasteiger partial charge on any atom is -0.480 e. The lowest BCUT2D eigenvalue weighted by Gasteiger charge is -2.08. The number of carboxylic acid groups (broad SMARTS) is 1. The molecule has 1 rings (SSSR count). The minimum atomic E-state index is -1.75. The van der Waals surface area contributed by atoms with Gasteiger partial charge in [0.15, 0.2) is 0 Å². The van der Waals surface area contributed by atoms with Crippen molar-refractivity contribution >= 4 is 18.6 Å². The van der Waals surface area contributed by atoms with Crippen molar-refractivity contribution in [2.75, 3.05) is 0 Å². The van der Waals surface area contributed by atoms with Gasteiger partial charge in [0, 0.05) is 6.42 Å². The summed E-state index contributed by atoms with van der Waals surface area (Å²) in [6.45, 7) is 0. The minimum absolute atomic E-state index is 0.00477. The Kier molecular flexibility index (Phi) is 4.00. The Morgan fingerprint density at radius 2 is 2.12 bits per heavy atom. The number of benzene rings is 1. The van der Waals surface area contributed by atoms with Crippen LogP contribution in [0.3, 0.4) is 0 Å². The summed E-state index contributed by atoms with van der Waals surface area (Å²) in [4.78, 5) is 10.5. The van der Waals surface area contributed by atoms with E-state index >= 15 is 0 Å². The molecule has 5 N–H and O–H groups in total. The SMILES string of the molecule is NC(Cc1ccc(B(O)O)cc1[18F])C(=O)O. The van der Waals surface area contributed by atoms with E-state index in [0.717, 1.165) is 6.07 Å². The van der Waals surface area contributed by atoms with Crippen molar-refractivity contribution in [2.24, 2.45) is 5.73 Å². The molecule has 5 nitrogen and oxygen atoms in total. The molecule has 0 amide bonds. The number of carboxylic acids is 1. The first-order valence-corrected chi connectivity index (χ1v) is 4.54. The lowest BCUT2D eigenvalue weighted by molar-refractivity contribution is -0.138. The van der Waals surface area contributed by atoms with Crippen molar-refractivity contribution in [3.05, 3.63) is 29.6 Å². The van der Waals surface area contributed by atoms with Crippen LogP contribution < -0.4 is 11.2 Å². The summed E-state index contributed by atoms with van der Waals surface area (Å²) >= 11 is 0. The predicted molar refractivity (Wildman–Crippen MR) is 55.5 cm³/mol. The van der Waals surface area contributed by atoms with Crippen LogP contribution in [-0.2, 0) is 11.2 Å². The standard InChI is InChI=1S/C9H11BFNO4/c11-7-4-6(10(15)16)2-1-5(7)3-8(12)9(13)14/h1-2,4,8,15-16H,3,12H2,(H,13,14)/i11-1.